The van der Waals surface area contributed by atoms with E-state index in [0.29, 0.717) is 19.6 Å². The third-order valence-corrected chi connectivity index (χ3v) is 4.89. The summed E-state index contributed by atoms with van der Waals surface area (Å²) in [6.45, 7) is 5.77. The Balaban J connectivity index is 1.49. The highest BCUT2D eigenvalue weighted by Gasteiger charge is 2.27. The molecule has 0 spiro atoms. The number of aliphatic hydroxyl groups excluding tert-OH is 1. The van der Waals surface area contributed by atoms with Crippen LogP contribution in [0.25, 0.3) is 0 Å². The van der Waals surface area contributed by atoms with Gasteiger partial charge in [0.1, 0.15) is 5.82 Å². The molecular weight excluding hydrogens is 292 g/mol. The second-order valence-corrected chi connectivity index (χ2v) is 6.66. The largest absolute Gasteiger partial charge is 0.391 e. The lowest BCUT2D eigenvalue weighted by atomic mass is 9.96. The molecule has 0 aliphatic carbocycles. The van der Waals surface area contributed by atoms with Crippen molar-refractivity contribution in [2.45, 2.75) is 38.8 Å². The molecule has 0 radical (unpaired) electrons. The van der Waals surface area contributed by atoms with E-state index >= 15 is 0 Å². The molecule has 2 aliphatic heterocycles. The molecule has 2 unspecified atom stereocenters. The smallest absolute Gasteiger partial charge is 0.317 e. The lowest BCUT2D eigenvalue weighted by Crippen LogP contribution is -2.49. The predicted molar refractivity (Wildman–Crippen MR) is 89.3 cm³/mol. The molecule has 23 heavy (non-hydrogen) atoms. The number of hydrogen-bond donors (Lipinski definition) is 2. The molecule has 6 nitrogen and oxygen atoms in total. The second-order valence-electron chi connectivity index (χ2n) is 6.66. The number of aliphatic hydroxyl groups is 1. The van der Waals surface area contributed by atoms with Gasteiger partial charge < -0.3 is 20.2 Å². The molecule has 126 valence electrons. The first-order chi connectivity index (χ1) is 11.1. The third kappa shape index (κ3) is 3.93. The maximum atomic E-state index is 12.2. The Hall–Kier alpha value is -1.82. The molecule has 2 N–H and O–H groups in total. The predicted octanol–water partition coefficient (Wildman–Crippen LogP) is 1.59. The Morgan fingerprint density at radius 1 is 1.35 bits per heavy atom. The van der Waals surface area contributed by atoms with E-state index in [-0.39, 0.29) is 11.9 Å². The number of carbonyl (C=O) groups excluding carboxylic acids is 1. The average Bonchev–Trinajstić information content (AvgIpc) is 3.10. The van der Waals surface area contributed by atoms with E-state index in [0.717, 1.165) is 30.9 Å². The van der Waals surface area contributed by atoms with Gasteiger partial charge in [-0.3, -0.25) is 0 Å². The topological polar surface area (TPSA) is 68.7 Å². The van der Waals surface area contributed by atoms with Gasteiger partial charge in [0.05, 0.1) is 6.10 Å². The van der Waals surface area contributed by atoms with E-state index in [9.17, 15) is 9.90 Å². The molecule has 1 aromatic heterocycles. The molecule has 2 saturated heterocycles. The molecule has 6 heteroatoms. The second kappa shape index (κ2) is 7.17. The van der Waals surface area contributed by atoms with Crippen molar-refractivity contribution in [3.05, 3.63) is 23.9 Å². The van der Waals surface area contributed by atoms with Gasteiger partial charge in [-0.1, -0.05) is 13.0 Å². The maximum absolute atomic E-state index is 12.2. The minimum atomic E-state index is -0.420. The molecule has 0 saturated carbocycles. The number of carbonyl (C=O) groups is 1. The normalized spacial score (nSPS) is 24.8. The molecule has 0 aromatic carbocycles. The number of urea groups is 1. The van der Waals surface area contributed by atoms with Crippen molar-refractivity contribution in [3.8, 4) is 0 Å². The highest BCUT2D eigenvalue weighted by atomic mass is 16.3. The standard InChI is InChI=1S/C17H26N4O2/c1-13-6-9-21(12-15(13)22)17(23)19-11-14-4-5-16(18-10-14)20-7-2-3-8-20/h4-5,10,13,15,22H,2-3,6-9,11-12H2,1H3,(H,19,23). The van der Waals surface area contributed by atoms with Gasteiger partial charge in [0, 0.05) is 38.9 Å². The SMILES string of the molecule is CC1CCN(C(=O)NCc2ccc(N3CCCC3)nc2)CC1O. The zero-order valence-corrected chi connectivity index (χ0v) is 13.7. The van der Waals surface area contributed by atoms with Crippen LogP contribution in [-0.4, -0.2) is 53.3 Å². The molecule has 2 atom stereocenters. The fourth-order valence-corrected chi connectivity index (χ4v) is 3.18. The van der Waals surface area contributed by atoms with Gasteiger partial charge in [0.15, 0.2) is 0 Å². The quantitative estimate of drug-likeness (QED) is 0.888. The van der Waals surface area contributed by atoms with Crippen LogP contribution in [0.4, 0.5) is 10.6 Å². The number of aromatic nitrogens is 1. The number of likely N-dealkylation sites (tertiary alicyclic amines) is 1. The Labute approximate surface area is 137 Å². The Morgan fingerprint density at radius 3 is 2.78 bits per heavy atom. The summed E-state index contributed by atoms with van der Waals surface area (Å²) in [7, 11) is 0. The minimum Gasteiger partial charge on any atom is -0.391 e. The van der Waals surface area contributed by atoms with Crippen LogP contribution < -0.4 is 10.2 Å². The zero-order valence-electron chi connectivity index (χ0n) is 13.7. The monoisotopic (exact) mass is 318 g/mol. The summed E-state index contributed by atoms with van der Waals surface area (Å²) in [6, 6.07) is 3.94. The van der Waals surface area contributed by atoms with Gasteiger partial charge in [-0.2, -0.15) is 0 Å². The molecule has 3 heterocycles. The van der Waals surface area contributed by atoms with Crippen molar-refractivity contribution in [3.63, 3.8) is 0 Å². The van der Waals surface area contributed by atoms with Gasteiger partial charge >= 0.3 is 6.03 Å². The number of hydrogen-bond acceptors (Lipinski definition) is 4. The highest BCUT2D eigenvalue weighted by Crippen LogP contribution is 2.18. The number of β-amino-alcohol motifs (C(OH)–C–C–N with tert-alkyl or cyclic N) is 1. The van der Waals surface area contributed by atoms with Crippen molar-refractivity contribution < 1.29 is 9.90 Å². The Kier molecular flexibility index (Phi) is 5.00. The molecule has 1 aromatic rings. The van der Waals surface area contributed by atoms with Crippen LogP contribution in [0.15, 0.2) is 18.3 Å². The number of nitrogens with one attached hydrogen (secondary N) is 1. The summed E-state index contributed by atoms with van der Waals surface area (Å²) in [6.07, 6.45) is 4.73. The van der Waals surface area contributed by atoms with Crippen LogP contribution in [0.1, 0.15) is 31.7 Å². The van der Waals surface area contributed by atoms with Gasteiger partial charge in [0.2, 0.25) is 0 Å². The van der Waals surface area contributed by atoms with Crippen molar-refractivity contribution in [2.24, 2.45) is 5.92 Å². The van der Waals surface area contributed by atoms with Crippen molar-refractivity contribution >= 4 is 11.8 Å². The Bertz CT molecular complexity index is 528. The fraction of sp³-hybridized carbons (Fsp3) is 0.647. The first kappa shape index (κ1) is 16.1. The fourth-order valence-electron chi connectivity index (χ4n) is 3.18. The van der Waals surface area contributed by atoms with E-state index in [1.165, 1.54) is 12.8 Å². The number of anilines is 1. The average molecular weight is 318 g/mol. The van der Waals surface area contributed by atoms with Gasteiger partial charge in [-0.05, 0) is 36.8 Å². The van der Waals surface area contributed by atoms with E-state index in [1.54, 1.807) is 4.90 Å². The molecule has 2 fully saturated rings. The van der Waals surface area contributed by atoms with Crippen LogP contribution in [0, 0.1) is 5.92 Å². The number of nitrogens with zero attached hydrogens (tertiary/aromatic N) is 3. The third-order valence-electron chi connectivity index (χ3n) is 4.89. The highest BCUT2D eigenvalue weighted by molar-refractivity contribution is 5.74. The van der Waals surface area contributed by atoms with E-state index < -0.39 is 6.10 Å². The van der Waals surface area contributed by atoms with Crippen LogP contribution >= 0.6 is 0 Å². The van der Waals surface area contributed by atoms with Crippen LogP contribution in [0.5, 0.6) is 0 Å². The summed E-state index contributed by atoms with van der Waals surface area (Å²) < 4.78 is 0. The number of pyridine rings is 1. The summed E-state index contributed by atoms with van der Waals surface area (Å²) in [4.78, 5) is 20.7. The molecular formula is C17H26N4O2. The zero-order chi connectivity index (χ0) is 16.2. The lowest BCUT2D eigenvalue weighted by molar-refractivity contribution is 0.0435. The summed E-state index contributed by atoms with van der Waals surface area (Å²) in [5.74, 6) is 1.28. The maximum Gasteiger partial charge on any atom is 0.317 e. The van der Waals surface area contributed by atoms with E-state index in [1.807, 2.05) is 25.3 Å². The first-order valence-electron chi connectivity index (χ1n) is 8.54. The summed E-state index contributed by atoms with van der Waals surface area (Å²) in [5, 5.41) is 12.8. The van der Waals surface area contributed by atoms with Crippen LogP contribution in [0.3, 0.4) is 0 Å². The summed E-state index contributed by atoms with van der Waals surface area (Å²) in [5.41, 5.74) is 0.993. The molecule has 2 aliphatic rings. The summed E-state index contributed by atoms with van der Waals surface area (Å²) >= 11 is 0. The van der Waals surface area contributed by atoms with Gasteiger partial charge in [-0.15, -0.1) is 0 Å². The van der Waals surface area contributed by atoms with Crippen LogP contribution in [-0.2, 0) is 6.54 Å². The van der Waals surface area contributed by atoms with Crippen molar-refractivity contribution in [2.75, 3.05) is 31.1 Å². The van der Waals surface area contributed by atoms with Crippen LogP contribution in [0.2, 0.25) is 0 Å². The Morgan fingerprint density at radius 2 is 2.13 bits per heavy atom. The van der Waals surface area contributed by atoms with E-state index in [2.05, 4.69) is 15.2 Å². The number of amides is 2. The van der Waals surface area contributed by atoms with Crippen molar-refractivity contribution in [1.29, 1.82) is 0 Å². The van der Waals surface area contributed by atoms with Crippen molar-refractivity contribution in [1.82, 2.24) is 15.2 Å². The lowest BCUT2D eigenvalue weighted by Gasteiger charge is -2.34. The van der Waals surface area contributed by atoms with Gasteiger partial charge in [-0.25, -0.2) is 9.78 Å². The number of rotatable bonds is 3. The van der Waals surface area contributed by atoms with Gasteiger partial charge in [0.25, 0.3) is 0 Å². The number of piperidine rings is 1. The molecule has 0 bridgehead atoms. The minimum absolute atomic E-state index is 0.112. The first-order valence-corrected chi connectivity index (χ1v) is 8.54. The van der Waals surface area contributed by atoms with E-state index in [4.69, 9.17) is 0 Å². The molecule has 2 amide bonds. The molecule has 3 rings (SSSR count).